The third-order valence-corrected chi connectivity index (χ3v) is 5.67. The van der Waals surface area contributed by atoms with Crippen LogP contribution in [0.25, 0.3) is 10.8 Å². The molecule has 1 saturated heterocycles. The molecule has 0 atom stereocenters. The molecule has 4 rings (SSSR count). The van der Waals surface area contributed by atoms with Crippen molar-refractivity contribution in [1.29, 1.82) is 5.26 Å². The SMILES string of the molecule is CC1(C#N)CN(Cc2nnc(-c3cc4c(s3)CCCC4)o2)C1. The zero-order chi connectivity index (χ0) is 15.2. The molecule has 0 bridgehead atoms. The fourth-order valence-corrected chi connectivity index (χ4v) is 4.50. The number of hydrogen-bond acceptors (Lipinski definition) is 6. The van der Waals surface area contributed by atoms with Crippen LogP contribution in [0.1, 0.15) is 36.1 Å². The first-order valence-corrected chi connectivity index (χ1v) is 8.55. The van der Waals surface area contributed by atoms with Gasteiger partial charge in [0.05, 0.1) is 22.9 Å². The Morgan fingerprint density at radius 2 is 2.18 bits per heavy atom. The van der Waals surface area contributed by atoms with Crippen molar-refractivity contribution >= 4 is 11.3 Å². The highest BCUT2D eigenvalue weighted by Crippen LogP contribution is 2.35. The van der Waals surface area contributed by atoms with Crippen LogP contribution in [0.5, 0.6) is 0 Å². The van der Waals surface area contributed by atoms with Gasteiger partial charge in [-0.05, 0) is 44.2 Å². The maximum absolute atomic E-state index is 9.04. The van der Waals surface area contributed by atoms with E-state index in [0.29, 0.717) is 18.3 Å². The standard InChI is InChI=1S/C16H18N4OS/c1-16(8-17)9-20(10-16)7-14-18-19-15(21-14)13-6-11-4-2-3-5-12(11)22-13/h6H,2-5,7,9-10H2,1H3. The molecule has 2 aliphatic rings. The van der Waals surface area contributed by atoms with E-state index in [1.807, 2.05) is 6.92 Å². The molecule has 2 aromatic rings. The molecule has 2 aromatic heterocycles. The Balaban J connectivity index is 1.46. The Hall–Kier alpha value is -1.71. The lowest BCUT2D eigenvalue weighted by Gasteiger charge is -2.42. The Morgan fingerprint density at radius 1 is 1.36 bits per heavy atom. The van der Waals surface area contributed by atoms with Crippen molar-refractivity contribution in [3.05, 3.63) is 22.4 Å². The van der Waals surface area contributed by atoms with Crippen molar-refractivity contribution in [2.75, 3.05) is 13.1 Å². The second-order valence-electron chi connectivity index (χ2n) is 6.58. The smallest absolute Gasteiger partial charge is 0.257 e. The summed E-state index contributed by atoms with van der Waals surface area (Å²) in [5, 5.41) is 17.4. The molecule has 6 heteroatoms. The van der Waals surface area contributed by atoms with Gasteiger partial charge in [0.25, 0.3) is 5.89 Å². The molecule has 0 N–H and O–H groups in total. The highest BCUT2D eigenvalue weighted by Gasteiger charge is 2.39. The van der Waals surface area contributed by atoms with Crippen LogP contribution in [-0.2, 0) is 19.4 Å². The molecule has 22 heavy (non-hydrogen) atoms. The largest absolute Gasteiger partial charge is 0.419 e. The molecule has 0 amide bonds. The van der Waals surface area contributed by atoms with E-state index in [1.54, 1.807) is 11.3 Å². The molecule has 1 fully saturated rings. The quantitative estimate of drug-likeness (QED) is 0.871. The van der Waals surface area contributed by atoms with Crippen LogP contribution in [-0.4, -0.2) is 28.2 Å². The maximum atomic E-state index is 9.04. The van der Waals surface area contributed by atoms with Gasteiger partial charge in [-0.2, -0.15) is 5.26 Å². The van der Waals surface area contributed by atoms with Crippen LogP contribution < -0.4 is 0 Å². The van der Waals surface area contributed by atoms with E-state index in [-0.39, 0.29) is 5.41 Å². The van der Waals surface area contributed by atoms with Gasteiger partial charge in [0, 0.05) is 18.0 Å². The lowest BCUT2D eigenvalue weighted by atomic mass is 9.84. The summed E-state index contributed by atoms with van der Waals surface area (Å²) >= 11 is 1.79. The summed E-state index contributed by atoms with van der Waals surface area (Å²) in [6.07, 6.45) is 4.92. The van der Waals surface area contributed by atoms with Crippen molar-refractivity contribution in [3.8, 4) is 16.8 Å². The van der Waals surface area contributed by atoms with E-state index < -0.39 is 0 Å². The van der Waals surface area contributed by atoms with Crippen molar-refractivity contribution < 1.29 is 4.42 Å². The number of nitriles is 1. The van der Waals surface area contributed by atoms with Crippen molar-refractivity contribution in [3.63, 3.8) is 0 Å². The first-order valence-electron chi connectivity index (χ1n) is 7.73. The van der Waals surface area contributed by atoms with Crippen molar-refractivity contribution in [1.82, 2.24) is 15.1 Å². The fourth-order valence-electron chi connectivity index (χ4n) is 3.33. The fraction of sp³-hybridized carbons (Fsp3) is 0.562. The predicted molar refractivity (Wildman–Crippen MR) is 83.3 cm³/mol. The summed E-state index contributed by atoms with van der Waals surface area (Å²) < 4.78 is 5.82. The first-order chi connectivity index (χ1) is 10.6. The maximum Gasteiger partial charge on any atom is 0.257 e. The van der Waals surface area contributed by atoms with Gasteiger partial charge in [0.1, 0.15) is 0 Å². The summed E-state index contributed by atoms with van der Waals surface area (Å²) in [6.45, 7) is 4.16. The normalized spacial score (nSPS) is 20.2. The van der Waals surface area contributed by atoms with Crippen molar-refractivity contribution in [2.45, 2.75) is 39.2 Å². The minimum absolute atomic E-state index is 0.213. The Bertz CT molecular complexity index is 712. The monoisotopic (exact) mass is 314 g/mol. The molecule has 1 aliphatic heterocycles. The lowest BCUT2D eigenvalue weighted by Crippen LogP contribution is -2.53. The van der Waals surface area contributed by atoms with Crippen molar-refractivity contribution in [2.24, 2.45) is 5.41 Å². The van der Waals surface area contributed by atoms with Gasteiger partial charge in [-0.3, -0.25) is 4.90 Å². The third kappa shape index (κ3) is 2.44. The molecule has 0 unspecified atom stereocenters. The zero-order valence-corrected chi connectivity index (χ0v) is 13.4. The minimum Gasteiger partial charge on any atom is -0.419 e. The van der Waals surface area contributed by atoms with Gasteiger partial charge in [-0.25, -0.2) is 0 Å². The lowest BCUT2D eigenvalue weighted by molar-refractivity contribution is 0.0453. The average molecular weight is 314 g/mol. The van der Waals surface area contributed by atoms with E-state index >= 15 is 0 Å². The van der Waals surface area contributed by atoms with Gasteiger partial charge < -0.3 is 4.42 Å². The van der Waals surface area contributed by atoms with Crippen LogP contribution in [0.3, 0.4) is 0 Å². The number of hydrogen-bond donors (Lipinski definition) is 0. The Morgan fingerprint density at radius 3 is 2.95 bits per heavy atom. The molecule has 1 aliphatic carbocycles. The van der Waals surface area contributed by atoms with Crippen LogP contribution in [0.2, 0.25) is 0 Å². The molecule has 5 nitrogen and oxygen atoms in total. The van der Waals surface area contributed by atoms with E-state index in [1.165, 1.54) is 36.1 Å². The topological polar surface area (TPSA) is 66.0 Å². The van der Waals surface area contributed by atoms with Gasteiger partial charge in [0.2, 0.25) is 5.89 Å². The number of rotatable bonds is 3. The second-order valence-corrected chi connectivity index (χ2v) is 7.72. The van der Waals surface area contributed by atoms with Gasteiger partial charge in [-0.15, -0.1) is 21.5 Å². The molecule has 0 aromatic carbocycles. The summed E-state index contributed by atoms with van der Waals surface area (Å²) in [5.41, 5.74) is 1.24. The summed E-state index contributed by atoms with van der Waals surface area (Å²) in [7, 11) is 0. The van der Waals surface area contributed by atoms with Gasteiger partial charge >= 0.3 is 0 Å². The molecule has 3 heterocycles. The molecular weight excluding hydrogens is 296 g/mol. The van der Waals surface area contributed by atoms with E-state index in [0.717, 1.165) is 18.0 Å². The number of likely N-dealkylation sites (tertiary alicyclic amines) is 1. The molecular formula is C16H18N4OS. The predicted octanol–water partition coefficient (Wildman–Crippen LogP) is 3.02. The molecule has 0 spiro atoms. The van der Waals surface area contributed by atoms with E-state index in [2.05, 4.69) is 27.2 Å². The highest BCUT2D eigenvalue weighted by molar-refractivity contribution is 7.15. The molecule has 0 saturated carbocycles. The van der Waals surface area contributed by atoms with Crippen LogP contribution in [0, 0.1) is 16.7 Å². The first kappa shape index (κ1) is 13.9. The van der Waals surface area contributed by atoms with Gasteiger partial charge in [-0.1, -0.05) is 0 Å². The Labute approximate surface area is 133 Å². The highest BCUT2D eigenvalue weighted by atomic mass is 32.1. The minimum atomic E-state index is -0.213. The van der Waals surface area contributed by atoms with Crippen LogP contribution in [0.15, 0.2) is 10.5 Å². The number of aromatic nitrogens is 2. The van der Waals surface area contributed by atoms with E-state index in [9.17, 15) is 0 Å². The summed E-state index contributed by atoms with van der Waals surface area (Å²) in [5.74, 6) is 1.28. The number of fused-ring (bicyclic) bond motifs is 1. The van der Waals surface area contributed by atoms with E-state index in [4.69, 9.17) is 9.68 Å². The Kier molecular flexibility index (Phi) is 3.28. The number of nitrogens with zero attached hydrogens (tertiary/aromatic N) is 4. The summed E-state index contributed by atoms with van der Waals surface area (Å²) in [4.78, 5) is 4.74. The second kappa shape index (κ2) is 5.18. The zero-order valence-electron chi connectivity index (χ0n) is 12.6. The molecule has 0 radical (unpaired) electrons. The number of thiophene rings is 1. The molecule has 114 valence electrons. The summed E-state index contributed by atoms with van der Waals surface area (Å²) in [6, 6.07) is 4.56. The third-order valence-electron chi connectivity index (χ3n) is 4.45. The number of aryl methyl sites for hydroxylation is 2. The average Bonchev–Trinajstić information content (AvgIpc) is 3.11. The van der Waals surface area contributed by atoms with Crippen LogP contribution in [0.4, 0.5) is 0 Å². The van der Waals surface area contributed by atoms with Gasteiger partial charge in [0.15, 0.2) is 0 Å². The van der Waals surface area contributed by atoms with Crippen LogP contribution >= 0.6 is 11.3 Å².